The molecular weight excluding hydrogens is 288 g/mol. The maximum Gasteiger partial charge on any atom is 0.211 e. The van der Waals surface area contributed by atoms with Crippen molar-refractivity contribution in [3.8, 4) is 6.19 Å². The van der Waals surface area contributed by atoms with Crippen LogP contribution in [0.4, 0.5) is 0 Å². The molecule has 2 aromatic rings. The molecule has 1 aliphatic rings. The van der Waals surface area contributed by atoms with Crippen molar-refractivity contribution < 1.29 is 15.1 Å². The van der Waals surface area contributed by atoms with Crippen LogP contribution in [0.3, 0.4) is 0 Å². The number of aliphatic hydroxyl groups is 2. The molecule has 1 aliphatic carbocycles. The first kappa shape index (κ1) is 14.5. The van der Waals surface area contributed by atoms with E-state index in [2.05, 4.69) is 15.0 Å². The van der Waals surface area contributed by atoms with E-state index in [-0.39, 0.29) is 11.5 Å². The molecule has 1 fully saturated rings. The average Bonchev–Trinajstić information content (AvgIpc) is 3.01. The lowest BCUT2D eigenvalue weighted by atomic mass is 10.0. The van der Waals surface area contributed by atoms with Gasteiger partial charge in [0.05, 0.1) is 18.0 Å². The van der Waals surface area contributed by atoms with E-state index in [1.54, 1.807) is 24.0 Å². The van der Waals surface area contributed by atoms with E-state index in [0.717, 1.165) is 0 Å². The molecule has 0 aliphatic heterocycles. The Labute approximate surface area is 125 Å². The summed E-state index contributed by atoms with van der Waals surface area (Å²) in [7, 11) is 1.44. The van der Waals surface area contributed by atoms with Crippen molar-refractivity contribution >= 4 is 11.2 Å². The normalized spacial score (nSPS) is 29.0. The molecule has 9 nitrogen and oxygen atoms in total. The van der Waals surface area contributed by atoms with Crippen LogP contribution in [-0.2, 0) is 0 Å². The van der Waals surface area contributed by atoms with Crippen molar-refractivity contribution in [1.82, 2.24) is 19.3 Å². The number of rotatable bonds is 2. The zero-order chi connectivity index (χ0) is 15.9. The van der Waals surface area contributed by atoms with Crippen LogP contribution in [-0.4, -0.2) is 48.3 Å². The van der Waals surface area contributed by atoms with Crippen molar-refractivity contribution in [3.05, 3.63) is 18.1 Å². The van der Waals surface area contributed by atoms with Gasteiger partial charge in [0.1, 0.15) is 13.4 Å². The highest BCUT2D eigenvalue weighted by Gasteiger charge is 2.42. The van der Waals surface area contributed by atoms with Crippen molar-refractivity contribution in [2.24, 2.45) is 4.99 Å². The van der Waals surface area contributed by atoms with Gasteiger partial charge in [-0.3, -0.25) is 0 Å². The summed E-state index contributed by atoms with van der Waals surface area (Å²) in [5.74, 6) is 0. The fourth-order valence-electron chi connectivity index (χ4n) is 2.88. The Hall–Kier alpha value is -2.44. The van der Waals surface area contributed by atoms with Crippen molar-refractivity contribution in [1.29, 1.82) is 5.26 Å². The van der Waals surface area contributed by atoms with Crippen LogP contribution in [0.5, 0.6) is 0 Å². The monoisotopic (exact) mass is 304 g/mol. The predicted molar refractivity (Wildman–Crippen MR) is 74.1 cm³/mol. The molecule has 2 N–H and O–H groups in total. The third-order valence-corrected chi connectivity index (χ3v) is 4.08. The summed E-state index contributed by atoms with van der Waals surface area (Å²) >= 11 is 0. The molecule has 0 bridgehead atoms. The van der Waals surface area contributed by atoms with Crippen LogP contribution in [0.25, 0.3) is 11.2 Å². The van der Waals surface area contributed by atoms with Gasteiger partial charge in [0, 0.05) is 6.04 Å². The van der Waals surface area contributed by atoms with Gasteiger partial charge in [0.25, 0.3) is 0 Å². The summed E-state index contributed by atoms with van der Waals surface area (Å²) in [5.41, 5.74) is 0.0608. The van der Waals surface area contributed by atoms with Crippen LogP contribution in [0.1, 0.15) is 25.8 Å². The quantitative estimate of drug-likeness (QED) is 0.695. The summed E-state index contributed by atoms with van der Waals surface area (Å²) in [6, 6.07) is -0.129. The lowest BCUT2D eigenvalue weighted by Crippen LogP contribution is -2.33. The summed E-state index contributed by atoms with van der Waals surface area (Å²) in [4.78, 5) is 17.3. The molecule has 0 spiro atoms. The lowest BCUT2D eigenvalue weighted by Gasteiger charge is -2.20. The number of fused-ring (bicyclic) bond motifs is 1. The third-order valence-electron chi connectivity index (χ3n) is 4.08. The molecule has 3 atom stereocenters. The summed E-state index contributed by atoms with van der Waals surface area (Å²) < 4.78 is 3.04. The van der Waals surface area contributed by atoms with Gasteiger partial charge >= 0.3 is 0 Å². The molecule has 0 unspecified atom stereocenters. The summed E-state index contributed by atoms with van der Waals surface area (Å²) in [5, 5.41) is 28.9. The Morgan fingerprint density at radius 3 is 2.86 bits per heavy atom. The Kier molecular flexibility index (Phi) is 3.35. The topological polar surface area (TPSA) is 121 Å². The molecule has 1 saturated carbocycles. The van der Waals surface area contributed by atoms with Crippen molar-refractivity contribution in [3.63, 3.8) is 0 Å². The number of imidazole rings is 1. The second kappa shape index (κ2) is 5.08. The average molecular weight is 304 g/mol. The number of aliphatic hydroxyl groups excluding tert-OH is 1. The lowest BCUT2D eigenvalue weighted by molar-refractivity contribution is -0.0385. The molecule has 22 heavy (non-hydrogen) atoms. The number of aromatic nitrogens is 4. The Morgan fingerprint density at radius 1 is 1.50 bits per heavy atom. The van der Waals surface area contributed by atoms with Crippen LogP contribution < -0.4 is 10.3 Å². The first-order valence-electron chi connectivity index (χ1n) is 6.80. The molecular formula is C13H16N6O3. The highest BCUT2D eigenvalue weighted by atomic mass is 16.6. The molecule has 0 radical (unpaired) electrons. The molecule has 9 heteroatoms. The zero-order valence-electron chi connectivity index (χ0n) is 12.2. The van der Waals surface area contributed by atoms with Gasteiger partial charge < -0.3 is 19.6 Å². The van der Waals surface area contributed by atoms with E-state index in [1.807, 2.05) is 0 Å². The Balaban J connectivity index is 2.14. The molecule has 0 aromatic carbocycles. The van der Waals surface area contributed by atoms with E-state index in [0.29, 0.717) is 24.0 Å². The number of nitriles is 1. The van der Waals surface area contributed by atoms with Gasteiger partial charge in [0.2, 0.25) is 11.7 Å². The first-order valence-corrected chi connectivity index (χ1v) is 6.80. The van der Waals surface area contributed by atoms with Crippen molar-refractivity contribution in [2.45, 2.75) is 37.5 Å². The second-order valence-corrected chi connectivity index (χ2v) is 5.58. The first-order chi connectivity index (χ1) is 10.5. The number of nitrogens with zero attached hydrogens (tertiary/aromatic N) is 6. The third kappa shape index (κ3) is 2.13. The van der Waals surface area contributed by atoms with Crippen LogP contribution in [0.15, 0.2) is 17.6 Å². The second-order valence-electron chi connectivity index (χ2n) is 5.58. The maximum atomic E-state index is 10.1. The largest absolute Gasteiger partial charge is 0.414 e. The number of hydrogen-bond acceptors (Lipinski definition) is 7. The highest BCUT2D eigenvalue weighted by Crippen LogP contribution is 2.38. The van der Waals surface area contributed by atoms with Gasteiger partial charge in [-0.25, -0.2) is 9.97 Å². The maximum absolute atomic E-state index is 10.1. The predicted octanol–water partition coefficient (Wildman–Crippen LogP) is -0.880. The van der Waals surface area contributed by atoms with E-state index < -0.39 is 11.7 Å². The molecule has 2 heterocycles. The van der Waals surface area contributed by atoms with E-state index in [9.17, 15) is 10.2 Å². The van der Waals surface area contributed by atoms with Gasteiger partial charge in [-0.1, -0.05) is 0 Å². The molecule has 2 aromatic heterocycles. The van der Waals surface area contributed by atoms with Crippen molar-refractivity contribution in [2.75, 3.05) is 7.11 Å². The fourth-order valence-corrected chi connectivity index (χ4v) is 2.88. The van der Waals surface area contributed by atoms with Gasteiger partial charge in [-0.05, 0) is 19.8 Å². The molecule has 0 saturated heterocycles. The van der Waals surface area contributed by atoms with E-state index in [1.165, 1.54) is 18.2 Å². The smallest absolute Gasteiger partial charge is 0.211 e. The minimum absolute atomic E-state index is 0.129. The summed E-state index contributed by atoms with van der Waals surface area (Å²) in [6.45, 7) is 1.61. The number of hydrogen-bond donors (Lipinski definition) is 2. The minimum Gasteiger partial charge on any atom is -0.414 e. The standard InChI is InChI=1S/C13H16N6O3/c1-13(21)4-8(3-9(13)20)18-6-16-10-11(18)17-7-19(22-2)12(10)15-5-14/h6-9,20-21H,3-4H2,1-2H3/t8-,9-,13+/m0/s1. The van der Waals surface area contributed by atoms with Gasteiger partial charge in [0.15, 0.2) is 11.2 Å². The fraction of sp³-hybridized carbons (Fsp3) is 0.538. The molecule has 0 amide bonds. The minimum atomic E-state index is -1.14. The van der Waals surface area contributed by atoms with Crippen LogP contribution in [0, 0.1) is 11.5 Å². The Bertz CT molecular complexity index is 815. The van der Waals surface area contributed by atoms with Crippen LogP contribution >= 0.6 is 0 Å². The SMILES string of the molecule is COn1cnc2c(ncn2[C@H]2C[C@H](O)[C@](C)(O)C2)c1=NC#N. The highest BCUT2D eigenvalue weighted by molar-refractivity contribution is 5.69. The zero-order valence-corrected chi connectivity index (χ0v) is 12.2. The molecule has 116 valence electrons. The van der Waals surface area contributed by atoms with Gasteiger partial charge in [-0.2, -0.15) is 9.99 Å². The molecule has 3 rings (SSSR count). The van der Waals surface area contributed by atoms with Crippen LogP contribution in [0.2, 0.25) is 0 Å². The Morgan fingerprint density at radius 2 is 2.27 bits per heavy atom. The summed E-state index contributed by atoms with van der Waals surface area (Å²) in [6.07, 6.45) is 4.70. The van der Waals surface area contributed by atoms with E-state index in [4.69, 9.17) is 10.1 Å². The van der Waals surface area contributed by atoms with Gasteiger partial charge in [-0.15, -0.1) is 4.99 Å². The van der Waals surface area contributed by atoms with E-state index >= 15 is 0 Å².